The second-order valence-electron chi connectivity index (χ2n) is 7.15. The van der Waals surface area contributed by atoms with Crippen LogP contribution in [0.4, 0.5) is 0 Å². The predicted molar refractivity (Wildman–Crippen MR) is 101 cm³/mol. The molecule has 1 N–H and O–H groups in total. The van der Waals surface area contributed by atoms with Gasteiger partial charge < -0.3 is 5.32 Å². The maximum absolute atomic E-state index is 12.7. The van der Waals surface area contributed by atoms with Gasteiger partial charge in [0.2, 0.25) is 5.91 Å². The molecule has 2 aromatic rings. The van der Waals surface area contributed by atoms with Crippen molar-refractivity contribution >= 4 is 17.5 Å². The van der Waals surface area contributed by atoms with E-state index in [1.165, 1.54) is 11.1 Å². The first-order valence-electron chi connectivity index (χ1n) is 9.05. The zero-order chi connectivity index (χ0) is 18.0. The van der Waals surface area contributed by atoms with Gasteiger partial charge in [-0.15, -0.1) is 0 Å². The summed E-state index contributed by atoms with van der Waals surface area (Å²) in [6, 6.07) is 12.0. The van der Waals surface area contributed by atoms with E-state index in [2.05, 4.69) is 32.2 Å². The van der Waals surface area contributed by atoms with Crippen molar-refractivity contribution in [3.63, 3.8) is 0 Å². The molecular formula is C20H23ClN4O. The van der Waals surface area contributed by atoms with Crippen molar-refractivity contribution in [2.24, 2.45) is 0 Å². The Hall–Kier alpha value is -1.95. The summed E-state index contributed by atoms with van der Waals surface area (Å²) >= 11 is 5.99. The maximum Gasteiger partial charge on any atom is 0.241 e. The first kappa shape index (κ1) is 17.5. The van der Waals surface area contributed by atoms with E-state index in [-0.39, 0.29) is 11.4 Å². The molecule has 0 bridgehead atoms. The van der Waals surface area contributed by atoms with E-state index in [4.69, 9.17) is 11.6 Å². The lowest BCUT2D eigenvalue weighted by Crippen LogP contribution is -2.55. The van der Waals surface area contributed by atoms with Gasteiger partial charge >= 0.3 is 0 Å². The molecule has 1 spiro atoms. The van der Waals surface area contributed by atoms with E-state index in [9.17, 15) is 4.79 Å². The van der Waals surface area contributed by atoms with Gasteiger partial charge in [-0.3, -0.25) is 19.6 Å². The third-order valence-electron chi connectivity index (χ3n) is 5.58. The van der Waals surface area contributed by atoms with Gasteiger partial charge in [-0.25, -0.2) is 0 Å². The Morgan fingerprint density at radius 2 is 1.65 bits per heavy atom. The van der Waals surface area contributed by atoms with E-state index in [0.29, 0.717) is 6.67 Å². The van der Waals surface area contributed by atoms with Crippen LogP contribution in [-0.4, -0.2) is 46.0 Å². The minimum absolute atomic E-state index is 0.176. The number of hydrogen-bond acceptors (Lipinski definition) is 4. The van der Waals surface area contributed by atoms with Gasteiger partial charge in [0.05, 0.1) is 6.67 Å². The second-order valence-corrected chi connectivity index (χ2v) is 7.59. The number of pyridine rings is 1. The number of hydrogen-bond donors (Lipinski definition) is 1. The molecule has 0 saturated carbocycles. The molecule has 2 aliphatic rings. The molecule has 2 fully saturated rings. The molecule has 136 valence electrons. The van der Waals surface area contributed by atoms with E-state index in [1.54, 1.807) is 0 Å². The molecule has 4 rings (SSSR count). The summed E-state index contributed by atoms with van der Waals surface area (Å²) < 4.78 is 0. The second kappa shape index (κ2) is 7.35. The number of nitrogens with one attached hydrogen (secondary N) is 1. The lowest BCUT2D eigenvalue weighted by atomic mass is 9.85. The fraction of sp³-hybridized carbons (Fsp3) is 0.400. The van der Waals surface area contributed by atoms with Gasteiger partial charge in [0.1, 0.15) is 5.54 Å². The van der Waals surface area contributed by atoms with Crippen molar-refractivity contribution in [3.8, 4) is 0 Å². The molecule has 0 unspecified atom stereocenters. The summed E-state index contributed by atoms with van der Waals surface area (Å²) in [4.78, 5) is 21.5. The van der Waals surface area contributed by atoms with Crippen molar-refractivity contribution in [1.29, 1.82) is 0 Å². The van der Waals surface area contributed by atoms with Crippen LogP contribution < -0.4 is 5.32 Å². The molecule has 1 aromatic carbocycles. The first-order chi connectivity index (χ1) is 12.7. The fourth-order valence-corrected chi connectivity index (χ4v) is 4.14. The monoisotopic (exact) mass is 370 g/mol. The van der Waals surface area contributed by atoms with Crippen molar-refractivity contribution < 1.29 is 4.79 Å². The third kappa shape index (κ3) is 3.47. The average molecular weight is 371 g/mol. The molecule has 2 aliphatic heterocycles. The minimum Gasteiger partial charge on any atom is -0.342 e. The van der Waals surface area contributed by atoms with Crippen LogP contribution in [0.25, 0.3) is 0 Å². The summed E-state index contributed by atoms with van der Waals surface area (Å²) in [5, 5.41) is 3.80. The Kier molecular flexibility index (Phi) is 4.94. The number of likely N-dealkylation sites (tertiary alicyclic amines) is 1. The van der Waals surface area contributed by atoms with Gasteiger partial charge in [-0.2, -0.15) is 0 Å². The molecule has 5 nitrogen and oxygen atoms in total. The highest BCUT2D eigenvalue weighted by atomic mass is 35.5. The summed E-state index contributed by atoms with van der Waals surface area (Å²) in [7, 11) is 0. The van der Waals surface area contributed by atoms with Crippen LogP contribution in [0.2, 0.25) is 5.02 Å². The number of piperidine rings is 1. The zero-order valence-electron chi connectivity index (χ0n) is 14.7. The van der Waals surface area contributed by atoms with E-state index in [1.807, 2.05) is 36.7 Å². The van der Waals surface area contributed by atoms with Crippen LogP contribution in [0.1, 0.15) is 24.0 Å². The summed E-state index contributed by atoms with van der Waals surface area (Å²) in [6.45, 7) is 4.14. The number of aromatic nitrogens is 1. The number of amides is 1. The molecule has 26 heavy (non-hydrogen) atoms. The zero-order valence-corrected chi connectivity index (χ0v) is 15.5. The number of rotatable bonds is 4. The maximum atomic E-state index is 12.7. The summed E-state index contributed by atoms with van der Waals surface area (Å²) in [5.74, 6) is 0.176. The van der Waals surface area contributed by atoms with E-state index in [0.717, 1.165) is 44.0 Å². The van der Waals surface area contributed by atoms with Gasteiger partial charge in [0, 0.05) is 43.6 Å². The van der Waals surface area contributed by atoms with E-state index < -0.39 is 0 Å². The molecule has 6 heteroatoms. The first-order valence-corrected chi connectivity index (χ1v) is 9.43. The van der Waals surface area contributed by atoms with Crippen LogP contribution in [0.3, 0.4) is 0 Å². The Morgan fingerprint density at radius 1 is 1.00 bits per heavy atom. The number of nitrogens with zero attached hydrogens (tertiary/aromatic N) is 3. The largest absolute Gasteiger partial charge is 0.342 e. The average Bonchev–Trinajstić information content (AvgIpc) is 2.96. The lowest BCUT2D eigenvalue weighted by molar-refractivity contribution is -0.129. The van der Waals surface area contributed by atoms with Crippen LogP contribution in [0, 0.1) is 0 Å². The smallest absolute Gasteiger partial charge is 0.241 e. The number of carbonyl (C=O) groups excluding carboxylic acids is 1. The minimum atomic E-state index is -0.381. The topological polar surface area (TPSA) is 48.5 Å². The molecule has 0 atom stereocenters. The molecule has 1 aromatic heterocycles. The Balaban J connectivity index is 1.43. The Labute approximate surface area is 159 Å². The highest BCUT2D eigenvalue weighted by molar-refractivity contribution is 6.30. The SMILES string of the molecule is O=C1NCN(Cc2ccc(Cl)cc2)C12CCN(Cc1ccncc1)CC2. The van der Waals surface area contributed by atoms with Crippen LogP contribution in [-0.2, 0) is 17.9 Å². The van der Waals surface area contributed by atoms with Gasteiger partial charge in [0.25, 0.3) is 0 Å². The molecule has 1 amide bonds. The molecule has 0 aliphatic carbocycles. The van der Waals surface area contributed by atoms with Crippen molar-refractivity contribution in [2.45, 2.75) is 31.5 Å². The molecule has 0 radical (unpaired) electrons. The summed E-state index contributed by atoms with van der Waals surface area (Å²) in [6.07, 6.45) is 5.38. The molecule has 2 saturated heterocycles. The third-order valence-corrected chi connectivity index (χ3v) is 5.84. The fourth-order valence-electron chi connectivity index (χ4n) is 4.01. The van der Waals surface area contributed by atoms with Crippen molar-refractivity contribution in [1.82, 2.24) is 20.1 Å². The van der Waals surface area contributed by atoms with Gasteiger partial charge in [-0.1, -0.05) is 23.7 Å². The summed E-state index contributed by atoms with van der Waals surface area (Å²) in [5.41, 5.74) is 2.07. The number of benzene rings is 1. The van der Waals surface area contributed by atoms with E-state index >= 15 is 0 Å². The lowest BCUT2D eigenvalue weighted by Gasteiger charge is -2.42. The highest BCUT2D eigenvalue weighted by Crippen LogP contribution is 2.34. The Bertz CT molecular complexity index is 757. The number of halogens is 1. The quantitative estimate of drug-likeness (QED) is 0.898. The molecular weight excluding hydrogens is 348 g/mol. The van der Waals surface area contributed by atoms with Crippen LogP contribution >= 0.6 is 11.6 Å². The molecule has 3 heterocycles. The van der Waals surface area contributed by atoms with Gasteiger partial charge in [0.15, 0.2) is 0 Å². The highest BCUT2D eigenvalue weighted by Gasteiger charge is 2.49. The normalized spacial score (nSPS) is 20.4. The predicted octanol–water partition coefficient (Wildman–Crippen LogP) is 2.66. The van der Waals surface area contributed by atoms with Crippen molar-refractivity contribution in [2.75, 3.05) is 19.8 Å². The van der Waals surface area contributed by atoms with Crippen LogP contribution in [0.5, 0.6) is 0 Å². The van der Waals surface area contributed by atoms with Gasteiger partial charge in [-0.05, 0) is 48.2 Å². The number of carbonyl (C=O) groups is 1. The standard InChI is InChI=1S/C20H23ClN4O/c21-18-3-1-16(2-4-18)14-25-15-23-19(26)20(25)7-11-24(12-8-20)13-17-5-9-22-10-6-17/h1-6,9-10H,7-8,11-15H2,(H,23,26). The van der Waals surface area contributed by atoms with Crippen molar-refractivity contribution in [3.05, 3.63) is 64.9 Å². The Morgan fingerprint density at radius 3 is 2.35 bits per heavy atom. The van der Waals surface area contributed by atoms with Crippen LogP contribution in [0.15, 0.2) is 48.8 Å².